The summed E-state index contributed by atoms with van der Waals surface area (Å²) in [6.45, 7) is 0. The Morgan fingerprint density at radius 3 is 1.24 bits per heavy atom. The zero-order valence-corrected chi connectivity index (χ0v) is 29.8. The lowest BCUT2D eigenvalue weighted by molar-refractivity contribution is 1.05. The first kappa shape index (κ1) is 32.2. The lowest BCUT2D eigenvalue weighted by Gasteiger charge is -2.13. The normalized spacial score (nSPS) is 11.3. The Balaban J connectivity index is 1.12. The van der Waals surface area contributed by atoms with Crippen molar-refractivity contribution in [2.75, 3.05) is 0 Å². The molecule has 0 saturated heterocycles. The predicted molar refractivity (Wildman–Crippen MR) is 224 cm³/mol. The average molecular weight is 704 g/mol. The third kappa shape index (κ3) is 6.04. The van der Waals surface area contributed by atoms with Crippen molar-refractivity contribution in [2.45, 2.75) is 0 Å². The summed E-state index contributed by atoms with van der Waals surface area (Å²) in [5, 5.41) is 2.21. The predicted octanol–water partition coefficient (Wildman–Crippen LogP) is 12.3. The Hall–Kier alpha value is -7.50. The maximum Gasteiger partial charge on any atom is 0.163 e. The van der Waals surface area contributed by atoms with Gasteiger partial charge in [0.1, 0.15) is 11.5 Å². The Labute approximate surface area is 319 Å². The molecule has 5 nitrogen and oxygen atoms in total. The van der Waals surface area contributed by atoms with Crippen molar-refractivity contribution >= 4 is 16.4 Å². The quantitative estimate of drug-likeness (QED) is 0.166. The SMILES string of the molecule is c1ccc(-c2ccc(-c3cc(-c4ccc(-c5nc(-c6ccccc6)nc6c7ccccc7c(-c7ccccc7)n56)cc4)nc(-c4ccccc4)n3)cc2)cc1. The zero-order chi connectivity index (χ0) is 36.6. The van der Waals surface area contributed by atoms with Crippen LogP contribution < -0.4 is 0 Å². The summed E-state index contributed by atoms with van der Waals surface area (Å²) >= 11 is 0. The van der Waals surface area contributed by atoms with Crippen LogP contribution in [0, 0.1) is 0 Å². The number of fused-ring (bicyclic) bond motifs is 3. The van der Waals surface area contributed by atoms with Crippen LogP contribution in [-0.4, -0.2) is 24.3 Å². The molecule has 0 amide bonds. The van der Waals surface area contributed by atoms with Crippen LogP contribution in [0.25, 0.3) is 95.5 Å². The van der Waals surface area contributed by atoms with Gasteiger partial charge >= 0.3 is 0 Å². The molecule has 3 aromatic heterocycles. The van der Waals surface area contributed by atoms with Crippen molar-refractivity contribution in [3.05, 3.63) is 200 Å². The molecule has 5 heteroatoms. The van der Waals surface area contributed by atoms with Gasteiger partial charge in [0, 0.05) is 38.6 Å². The van der Waals surface area contributed by atoms with Gasteiger partial charge in [-0.2, -0.15) is 0 Å². The van der Waals surface area contributed by atoms with Crippen molar-refractivity contribution in [3.63, 3.8) is 0 Å². The van der Waals surface area contributed by atoms with Gasteiger partial charge in [-0.25, -0.2) is 19.9 Å². The monoisotopic (exact) mass is 703 g/mol. The molecule has 10 rings (SSSR count). The molecule has 0 aliphatic carbocycles. The molecule has 0 bridgehead atoms. The maximum atomic E-state index is 5.29. The van der Waals surface area contributed by atoms with Crippen LogP contribution >= 0.6 is 0 Å². The average Bonchev–Trinajstić information content (AvgIpc) is 3.61. The van der Waals surface area contributed by atoms with Crippen molar-refractivity contribution in [1.29, 1.82) is 0 Å². The molecule has 7 aromatic carbocycles. The van der Waals surface area contributed by atoms with E-state index < -0.39 is 0 Å². The molecule has 0 spiro atoms. The van der Waals surface area contributed by atoms with E-state index in [0.29, 0.717) is 11.6 Å². The fourth-order valence-electron chi connectivity index (χ4n) is 7.33. The third-order valence-corrected chi connectivity index (χ3v) is 10.1. The van der Waals surface area contributed by atoms with E-state index in [1.165, 1.54) is 5.56 Å². The molecule has 0 aliphatic rings. The van der Waals surface area contributed by atoms with E-state index >= 15 is 0 Å². The smallest absolute Gasteiger partial charge is 0.163 e. The molecule has 0 unspecified atom stereocenters. The van der Waals surface area contributed by atoms with Crippen molar-refractivity contribution in [1.82, 2.24) is 24.3 Å². The second-order valence-corrected chi connectivity index (χ2v) is 13.5. The lowest BCUT2D eigenvalue weighted by atomic mass is 10.0. The largest absolute Gasteiger partial charge is 0.277 e. The highest BCUT2D eigenvalue weighted by Gasteiger charge is 2.21. The third-order valence-electron chi connectivity index (χ3n) is 10.1. The van der Waals surface area contributed by atoms with E-state index in [2.05, 4.69) is 156 Å². The number of benzene rings is 7. The van der Waals surface area contributed by atoms with Crippen molar-refractivity contribution < 1.29 is 0 Å². The molecule has 3 heterocycles. The van der Waals surface area contributed by atoms with E-state index in [9.17, 15) is 0 Å². The minimum atomic E-state index is 0.681. The number of aromatic nitrogens is 5. The number of rotatable bonds is 7. The van der Waals surface area contributed by atoms with Crippen molar-refractivity contribution in [3.8, 4) is 79.1 Å². The minimum absolute atomic E-state index is 0.681. The van der Waals surface area contributed by atoms with Crippen LogP contribution in [0.3, 0.4) is 0 Å². The molecule has 10 aromatic rings. The summed E-state index contributed by atoms with van der Waals surface area (Å²) in [5.41, 5.74) is 12.0. The molecule has 0 radical (unpaired) electrons. The molecule has 0 N–H and O–H groups in total. The summed E-state index contributed by atoms with van der Waals surface area (Å²) in [5.74, 6) is 2.18. The van der Waals surface area contributed by atoms with Crippen LogP contribution in [0.2, 0.25) is 0 Å². The van der Waals surface area contributed by atoms with E-state index in [1.807, 2.05) is 48.5 Å². The number of hydrogen-bond donors (Lipinski definition) is 0. The summed E-state index contributed by atoms with van der Waals surface area (Å²) < 4.78 is 2.22. The Morgan fingerprint density at radius 2 is 0.691 bits per heavy atom. The van der Waals surface area contributed by atoms with E-state index in [-0.39, 0.29) is 0 Å². The van der Waals surface area contributed by atoms with Gasteiger partial charge in [-0.3, -0.25) is 4.40 Å². The summed E-state index contributed by atoms with van der Waals surface area (Å²) in [4.78, 5) is 20.7. The molecule has 258 valence electrons. The van der Waals surface area contributed by atoms with Gasteiger partial charge in [-0.15, -0.1) is 0 Å². The van der Waals surface area contributed by atoms with Crippen LogP contribution in [0.1, 0.15) is 0 Å². The van der Waals surface area contributed by atoms with E-state index in [0.717, 1.165) is 78.3 Å². The second kappa shape index (κ2) is 13.8. The first-order valence-electron chi connectivity index (χ1n) is 18.4. The molecule has 0 saturated carbocycles. The summed E-state index contributed by atoms with van der Waals surface area (Å²) in [6, 6.07) is 69.0. The van der Waals surface area contributed by atoms with Gasteiger partial charge in [-0.1, -0.05) is 194 Å². The highest BCUT2D eigenvalue weighted by molar-refractivity contribution is 6.06. The Morgan fingerprint density at radius 1 is 0.291 bits per heavy atom. The fourth-order valence-corrected chi connectivity index (χ4v) is 7.33. The fraction of sp³-hybridized carbons (Fsp3) is 0. The summed E-state index contributed by atoms with van der Waals surface area (Å²) in [6.07, 6.45) is 0. The topological polar surface area (TPSA) is 56.0 Å². The molecule has 0 aliphatic heterocycles. The minimum Gasteiger partial charge on any atom is -0.277 e. The van der Waals surface area contributed by atoms with Gasteiger partial charge in [-0.05, 0) is 22.8 Å². The van der Waals surface area contributed by atoms with Crippen molar-refractivity contribution in [2.24, 2.45) is 0 Å². The molecular weight excluding hydrogens is 671 g/mol. The Kier molecular flexibility index (Phi) is 8.08. The summed E-state index contributed by atoms with van der Waals surface area (Å²) in [7, 11) is 0. The maximum absolute atomic E-state index is 5.29. The first-order valence-corrected chi connectivity index (χ1v) is 18.4. The van der Waals surface area contributed by atoms with Crippen LogP contribution in [0.4, 0.5) is 0 Å². The highest BCUT2D eigenvalue weighted by atomic mass is 15.1. The molecule has 0 atom stereocenters. The molecular formula is C50H33N5. The van der Waals surface area contributed by atoms with Gasteiger partial charge in [0.05, 0.1) is 17.1 Å². The highest BCUT2D eigenvalue weighted by Crippen LogP contribution is 2.38. The molecule has 55 heavy (non-hydrogen) atoms. The van der Waals surface area contributed by atoms with Gasteiger partial charge in [0.25, 0.3) is 0 Å². The first-order chi connectivity index (χ1) is 27.3. The lowest BCUT2D eigenvalue weighted by Crippen LogP contribution is -2.03. The molecule has 0 fully saturated rings. The van der Waals surface area contributed by atoms with E-state index in [4.69, 9.17) is 19.9 Å². The van der Waals surface area contributed by atoms with Gasteiger partial charge < -0.3 is 0 Å². The van der Waals surface area contributed by atoms with Gasteiger partial charge in [0.15, 0.2) is 11.6 Å². The van der Waals surface area contributed by atoms with Gasteiger partial charge in [0.2, 0.25) is 0 Å². The van der Waals surface area contributed by atoms with Crippen LogP contribution in [0.15, 0.2) is 200 Å². The van der Waals surface area contributed by atoms with Crippen LogP contribution in [-0.2, 0) is 0 Å². The standard InChI is InChI=1S/C50H33N5/c1-5-15-34(16-6-1)35-25-27-36(28-26-35)44-33-45(52-47(51-44)39-19-9-3-10-20-39)37-29-31-41(32-30-37)49-53-48(40-21-11-4-12-22-40)54-50-43-24-14-13-23-42(43)46(55(49)50)38-17-7-2-8-18-38/h1-33H. The number of nitrogens with zero attached hydrogens (tertiary/aromatic N) is 5. The second-order valence-electron chi connectivity index (χ2n) is 13.5. The van der Waals surface area contributed by atoms with Crippen LogP contribution in [0.5, 0.6) is 0 Å². The zero-order valence-electron chi connectivity index (χ0n) is 29.8. The van der Waals surface area contributed by atoms with E-state index in [1.54, 1.807) is 0 Å². The Bertz CT molecular complexity index is 2920. The number of hydrogen-bond acceptors (Lipinski definition) is 4.